The van der Waals surface area contributed by atoms with E-state index < -0.39 is 0 Å². The van der Waals surface area contributed by atoms with E-state index in [4.69, 9.17) is 0 Å². The highest BCUT2D eigenvalue weighted by atomic mass is 79.9. The van der Waals surface area contributed by atoms with E-state index in [1.54, 1.807) is 0 Å². The van der Waals surface area contributed by atoms with Gasteiger partial charge < -0.3 is 4.90 Å². The topological polar surface area (TPSA) is 46.1 Å². The van der Waals surface area contributed by atoms with Crippen molar-refractivity contribution in [2.24, 2.45) is 0 Å². The van der Waals surface area contributed by atoms with Crippen molar-refractivity contribution in [2.75, 3.05) is 10.7 Å². The number of carbonyl (C=O) groups is 1. The van der Waals surface area contributed by atoms with Crippen LogP contribution in [0.15, 0.2) is 57.3 Å². The highest BCUT2D eigenvalue weighted by molar-refractivity contribution is 9.10. The number of aromatic nitrogens is 2. The molecule has 0 N–H and O–H groups in total. The highest BCUT2D eigenvalue weighted by Gasteiger charge is 2.47. The van der Waals surface area contributed by atoms with Crippen LogP contribution in [0, 0.1) is 6.92 Å². The van der Waals surface area contributed by atoms with Crippen LogP contribution in [0.4, 0.5) is 5.69 Å². The lowest BCUT2D eigenvalue weighted by molar-refractivity contribution is -0.117. The monoisotopic (exact) mass is 501 g/mol. The van der Waals surface area contributed by atoms with E-state index in [1.807, 2.05) is 17.9 Å². The van der Waals surface area contributed by atoms with Crippen molar-refractivity contribution in [1.29, 1.82) is 0 Å². The second kappa shape index (κ2) is 8.09. The van der Waals surface area contributed by atoms with Gasteiger partial charge in [0, 0.05) is 21.1 Å². The number of aryl methyl sites for hydroxylation is 1. The van der Waals surface area contributed by atoms with Gasteiger partial charge in [-0.25, -0.2) is 0 Å². The molecule has 0 saturated heterocycles. The fraction of sp³-hybridized carbons (Fsp3) is 0.348. The number of thioether (sulfide) groups is 1. The normalized spacial score (nSPS) is 20.1. The van der Waals surface area contributed by atoms with Gasteiger partial charge in [0.25, 0.3) is 0 Å². The number of anilines is 1. The number of carbonyl (C=O) groups excluding carboxylic acids is 1. The number of hydrogen-bond acceptors (Lipinski definition) is 5. The maximum atomic E-state index is 13.4. The van der Waals surface area contributed by atoms with E-state index in [2.05, 4.69) is 89.4 Å². The van der Waals surface area contributed by atoms with Gasteiger partial charge in [0.1, 0.15) is 5.01 Å². The van der Waals surface area contributed by atoms with Crippen molar-refractivity contribution >= 4 is 50.6 Å². The number of nitrogens with zero attached hydrogens (tertiary/aromatic N) is 3. The maximum absolute atomic E-state index is 13.4. The molecular weight excluding hydrogens is 478 g/mol. The Balaban J connectivity index is 1.71. The maximum Gasteiger partial charge on any atom is 0.237 e. The molecule has 1 aromatic heterocycles. The minimum Gasteiger partial charge on any atom is -0.306 e. The van der Waals surface area contributed by atoms with E-state index in [0.717, 1.165) is 25.9 Å². The molecule has 4 nitrogen and oxygen atoms in total. The quantitative estimate of drug-likeness (QED) is 0.397. The summed E-state index contributed by atoms with van der Waals surface area (Å²) < 4.78 is 1.91. The summed E-state index contributed by atoms with van der Waals surface area (Å²) in [5.74, 6) is 0.449. The van der Waals surface area contributed by atoms with Gasteiger partial charge in [-0.05, 0) is 56.5 Å². The zero-order valence-corrected chi connectivity index (χ0v) is 20.7. The summed E-state index contributed by atoms with van der Waals surface area (Å²) in [5.41, 5.74) is 2.94. The van der Waals surface area contributed by atoms with Crippen LogP contribution in [0.3, 0.4) is 0 Å². The standard InChI is InChI=1S/C23H24BrN3OS2/c1-15-25-26-21(30-15)29-13-20(28)27-19-8-6-5-7-18(19)23(4,14-22(27,2)3)16-9-11-17(24)12-10-16/h5-12H,13-14H2,1-4H3/t23-/m1/s1. The highest BCUT2D eigenvalue weighted by Crippen LogP contribution is 2.50. The van der Waals surface area contributed by atoms with Gasteiger partial charge in [-0.2, -0.15) is 0 Å². The summed E-state index contributed by atoms with van der Waals surface area (Å²) in [7, 11) is 0. The average Bonchev–Trinajstić information content (AvgIpc) is 3.11. The first-order valence-corrected chi connectivity index (χ1v) is 12.4. The molecule has 0 radical (unpaired) electrons. The molecule has 1 amide bonds. The van der Waals surface area contributed by atoms with Gasteiger partial charge in [-0.1, -0.05) is 76.3 Å². The van der Waals surface area contributed by atoms with Gasteiger partial charge in [0.15, 0.2) is 4.34 Å². The lowest BCUT2D eigenvalue weighted by atomic mass is 9.65. The Morgan fingerprint density at radius 3 is 2.50 bits per heavy atom. The number of amides is 1. The van der Waals surface area contributed by atoms with Crippen molar-refractivity contribution in [3.8, 4) is 0 Å². The van der Waals surface area contributed by atoms with Crippen molar-refractivity contribution in [3.05, 3.63) is 69.1 Å². The van der Waals surface area contributed by atoms with E-state index in [1.165, 1.54) is 34.2 Å². The molecule has 156 valence electrons. The van der Waals surface area contributed by atoms with E-state index in [9.17, 15) is 4.79 Å². The summed E-state index contributed by atoms with van der Waals surface area (Å²) >= 11 is 6.53. The molecule has 1 aliphatic rings. The second-order valence-corrected chi connectivity index (χ2v) is 11.8. The van der Waals surface area contributed by atoms with E-state index in [-0.39, 0.29) is 16.9 Å². The van der Waals surface area contributed by atoms with E-state index in [0.29, 0.717) is 5.75 Å². The third-order valence-electron chi connectivity index (χ3n) is 5.69. The Bertz CT molecular complexity index is 1080. The molecule has 7 heteroatoms. The smallest absolute Gasteiger partial charge is 0.237 e. The molecule has 0 bridgehead atoms. The fourth-order valence-electron chi connectivity index (χ4n) is 4.57. The largest absolute Gasteiger partial charge is 0.306 e. The summed E-state index contributed by atoms with van der Waals surface area (Å²) in [4.78, 5) is 15.4. The number of fused-ring (bicyclic) bond motifs is 1. The lowest BCUT2D eigenvalue weighted by Crippen LogP contribution is -2.56. The molecule has 1 atom stereocenters. The molecule has 2 heterocycles. The molecule has 0 aliphatic carbocycles. The second-order valence-electron chi connectivity index (χ2n) is 8.45. The third kappa shape index (κ3) is 3.95. The van der Waals surface area contributed by atoms with Gasteiger partial charge in [-0.15, -0.1) is 10.2 Å². The molecular formula is C23H24BrN3OS2. The first-order valence-electron chi connectivity index (χ1n) is 9.82. The molecule has 4 rings (SSSR count). The van der Waals surface area contributed by atoms with Gasteiger partial charge in [-0.3, -0.25) is 4.79 Å². The molecule has 0 spiro atoms. The molecule has 2 aromatic carbocycles. The van der Waals surface area contributed by atoms with Crippen molar-refractivity contribution < 1.29 is 4.79 Å². The molecule has 30 heavy (non-hydrogen) atoms. The van der Waals surface area contributed by atoms with Crippen LogP contribution in [0.2, 0.25) is 0 Å². The fourth-order valence-corrected chi connectivity index (χ4v) is 6.50. The number of rotatable bonds is 4. The number of halogens is 1. The molecule has 3 aromatic rings. The number of hydrogen-bond donors (Lipinski definition) is 0. The third-order valence-corrected chi connectivity index (χ3v) is 8.17. The Hall–Kier alpha value is -1.70. The van der Waals surface area contributed by atoms with Crippen molar-refractivity contribution in [2.45, 2.75) is 49.4 Å². The first kappa shape index (κ1) is 21.5. The first-order chi connectivity index (χ1) is 14.2. The Labute approximate surface area is 194 Å². The lowest BCUT2D eigenvalue weighted by Gasteiger charge is -2.51. The van der Waals surface area contributed by atoms with Crippen LogP contribution in [-0.4, -0.2) is 27.4 Å². The SMILES string of the molecule is Cc1nnc(SCC(=O)N2c3ccccc3[C@@](C)(c3ccc(Br)cc3)CC2(C)C)s1. The molecule has 0 fully saturated rings. The van der Waals surface area contributed by atoms with Crippen molar-refractivity contribution in [1.82, 2.24) is 10.2 Å². The molecule has 0 unspecified atom stereocenters. The van der Waals surface area contributed by atoms with Crippen LogP contribution < -0.4 is 4.90 Å². The zero-order chi connectivity index (χ0) is 21.5. The Kier molecular flexibility index (Phi) is 5.81. The molecule has 0 saturated carbocycles. The van der Waals surface area contributed by atoms with Crippen LogP contribution in [0.1, 0.15) is 43.3 Å². The predicted molar refractivity (Wildman–Crippen MR) is 129 cm³/mol. The summed E-state index contributed by atoms with van der Waals surface area (Å²) in [6.45, 7) is 8.54. The summed E-state index contributed by atoms with van der Waals surface area (Å²) in [6.07, 6.45) is 0.840. The zero-order valence-electron chi connectivity index (χ0n) is 17.5. The number of benzene rings is 2. The van der Waals surface area contributed by atoms with E-state index >= 15 is 0 Å². The predicted octanol–water partition coefficient (Wildman–Crippen LogP) is 6.22. The summed E-state index contributed by atoms with van der Waals surface area (Å²) in [6, 6.07) is 16.9. The van der Waals surface area contributed by atoms with Gasteiger partial charge in [0.2, 0.25) is 5.91 Å². The average molecular weight is 503 g/mol. The Morgan fingerprint density at radius 2 is 1.83 bits per heavy atom. The Morgan fingerprint density at radius 1 is 1.13 bits per heavy atom. The molecule has 1 aliphatic heterocycles. The van der Waals surface area contributed by atoms with Crippen LogP contribution >= 0.6 is 39.0 Å². The van der Waals surface area contributed by atoms with Gasteiger partial charge >= 0.3 is 0 Å². The van der Waals surface area contributed by atoms with Gasteiger partial charge in [0.05, 0.1) is 5.75 Å². The summed E-state index contributed by atoms with van der Waals surface area (Å²) in [5, 5.41) is 9.11. The number of para-hydroxylation sites is 1. The van der Waals surface area contributed by atoms with Crippen molar-refractivity contribution in [3.63, 3.8) is 0 Å². The minimum absolute atomic E-state index is 0.100. The van der Waals surface area contributed by atoms with Crippen LogP contribution in [0.25, 0.3) is 0 Å². The van der Waals surface area contributed by atoms with Crippen LogP contribution in [-0.2, 0) is 10.2 Å². The minimum atomic E-state index is -0.329. The van der Waals surface area contributed by atoms with Crippen LogP contribution in [0.5, 0.6) is 0 Å².